The van der Waals surface area contributed by atoms with Gasteiger partial charge in [0, 0.05) is 17.2 Å². The topological polar surface area (TPSA) is 52.6 Å². The van der Waals surface area contributed by atoms with Crippen LogP contribution in [0.3, 0.4) is 0 Å². The normalized spacial score (nSPS) is 9.91. The maximum absolute atomic E-state index is 12.6. The fourth-order valence-electron chi connectivity index (χ4n) is 1.83. The van der Waals surface area contributed by atoms with Crippen LogP contribution in [0.1, 0.15) is 22.8 Å². The van der Waals surface area contributed by atoms with Crippen LogP contribution in [-0.2, 0) is 4.79 Å². The number of carbonyl (C=O) groups excluding carboxylic acids is 2. The molecule has 4 heteroatoms. The van der Waals surface area contributed by atoms with Gasteiger partial charge in [0.15, 0.2) is 5.78 Å². The molecule has 0 aliphatic carbocycles. The smallest absolute Gasteiger partial charge is 0.338 e. The van der Waals surface area contributed by atoms with Gasteiger partial charge in [-0.15, -0.1) is 0 Å². The Hall–Kier alpha value is -2.88. The molecule has 0 spiro atoms. The number of carbonyl (C=O) groups is 2. The minimum Gasteiger partial charge on any atom is -0.497 e. The van der Waals surface area contributed by atoms with E-state index in [1.165, 1.54) is 13.2 Å². The Morgan fingerprint density at radius 1 is 1.05 bits per heavy atom. The average molecular weight is 296 g/mol. The van der Waals surface area contributed by atoms with E-state index in [9.17, 15) is 9.59 Å². The number of esters is 1. The Morgan fingerprint density at radius 3 is 2.32 bits per heavy atom. The quantitative estimate of drug-likeness (QED) is 0.367. The fraction of sp³-hybridized carbons (Fsp3) is 0.111. The van der Waals surface area contributed by atoms with Crippen LogP contribution >= 0.6 is 0 Å². The summed E-state index contributed by atoms with van der Waals surface area (Å²) in [5, 5.41) is 0. The van der Waals surface area contributed by atoms with Crippen molar-refractivity contribution >= 4 is 11.8 Å². The standard InChI is InChI=1S/C18H16O4/c1-12(2)18(20)22-16-11-14(21-3)9-10-15(16)17(19)13-7-5-4-6-8-13/h4-11H,1H2,2-3H3. The van der Waals surface area contributed by atoms with Crippen LogP contribution in [0.5, 0.6) is 11.5 Å². The van der Waals surface area contributed by atoms with E-state index >= 15 is 0 Å². The largest absolute Gasteiger partial charge is 0.497 e. The molecule has 0 bridgehead atoms. The van der Waals surface area contributed by atoms with Gasteiger partial charge in [0.2, 0.25) is 0 Å². The first kappa shape index (κ1) is 15.5. The lowest BCUT2D eigenvalue weighted by Crippen LogP contribution is -2.12. The molecule has 0 aromatic heterocycles. The van der Waals surface area contributed by atoms with Crippen molar-refractivity contribution in [1.82, 2.24) is 0 Å². The summed E-state index contributed by atoms with van der Waals surface area (Å²) >= 11 is 0. The summed E-state index contributed by atoms with van der Waals surface area (Å²) in [6.07, 6.45) is 0. The maximum atomic E-state index is 12.6. The van der Waals surface area contributed by atoms with Gasteiger partial charge >= 0.3 is 5.97 Å². The van der Waals surface area contributed by atoms with Crippen LogP contribution < -0.4 is 9.47 Å². The van der Waals surface area contributed by atoms with Crippen molar-refractivity contribution in [3.63, 3.8) is 0 Å². The first-order valence-corrected chi connectivity index (χ1v) is 6.68. The van der Waals surface area contributed by atoms with E-state index in [-0.39, 0.29) is 17.1 Å². The van der Waals surface area contributed by atoms with Crippen molar-refractivity contribution < 1.29 is 19.1 Å². The van der Waals surface area contributed by atoms with E-state index in [2.05, 4.69) is 6.58 Å². The van der Waals surface area contributed by atoms with Crippen LogP contribution in [0.15, 0.2) is 60.7 Å². The maximum Gasteiger partial charge on any atom is 0.338 e. The lowest BCUT2D eigenvalue weighted by atomic mass is 10.0. The first-order valence-electron chi connectivity index (χ1n) is 6.68. The number of ether oxygens (including phenoxy) is 2. The van der Waals surface area contributed by atoms with Crippen LogP contribution in [-0.4, -0.2) is 18.9 Å². The molecular weight excluding hydrogens is 280 g/mol. The molecule has 2 aromatic rings. The number of methoxy groups -OCH3 is 1. The molecule has 0 unspecified atom stereocenters. The second-order valence-corrected chi connectivity index (χ2v) is 4.73. The Bertz CT molecular complexity index is 717. The lowest BCUT2D eigenvalue weighted by Gasteiger charge is -2.11. The van der Waals surface area contributed by atoms with Gasteiger partial charge in [-0.2, -0.15) is 0 Å². The van der Waals surface area contributed by atoms with Gasteiger partial charge in [-0.05, 0) is 19.1 Å². The highest BCUT2D eigenvalue weighted by molar-refractivity contribution is 6.11. The molecule has 112 valence electrons. The summed E-state index contributed by atoms with van der Waals surface area (Å²) in [5.41, 5.74) is 1.06. The lowest BCUT2D eigenvalue weighted by molar-refractivity contribution is -0.130. The molecule has 0 saturated carbocycles. The van der Waals surface area contributed by atoms with Crippen LogP contribution in [0.4, 0.5) is 0 Å². The molecule has 0 amide bonds. The molecular formula is C18H16O4. The Kier molecular flexibility index (Phi) is 4.73. The van der Waals surface area contributed by atoms with Crippen molar-refractivity contribution in [3.05, 3.63) is 71.8 Å². The number of ketones is 1. The molecule has 0 fully saturated rings. The van der Waals surface area contributed by atoms with Crippen LogP contribution in [0.25, 0.3) is 0 Å². The van der Waals surface area contributed by atoms with Gasteiger partial charge in [-0.3, -0.25) is 4.79 Å². The summed E-state index contributed by atoms with van der Waals surface area (Å²) in [4.78, 5) is 24.3. The number of hydrogen-bond donors (Lipinski definition) is 0. The third-order valence-electron chi connectivity index (χ3n) is 3.02. The van der Waals surface area contributed by atoms with Gasteiger partial charge in [0.1, 0.15) is 11.5 Å². The highest BCUT2D eigenvalue weighted by Crippen LogP contribution is 2.27. The number of rotatable bonds is 5. The molecule has 0 N–H and O–H groups in total. The van der Waals surface area contributed by atoms with E-state index in [0.29, 0.717) is 16.9 Å². The van der Waals surface area contributed by atoms with Crippen molar-refractivity contribution in [3.8, 4) is 11.5 Å². The molecule has 22 heavy (non-hydrogen) atoms. The van der Waals surface area contributed by atoms with Gasteiger partial charge < -0.3 is 9.47 Å². The molecule has 2 aromatic carbocycles. The van der Waals surface area contributed by atoms with Gasteiger partial charge in [-0.1, -0.05) is 36.9 Å². The van der Waals surface area contributed by atoms with Crippen LogP contribution in [0, 0.1) is 0 Å². The molecule has 2 rings (SSSR count). The van der Waals surface area contributed by atoms with Crippen molar-refractivity contribution in [2.75, 3.05) is 7.11 Å². The highest BCUT2D eigenvalue weighted by Gasteiger charge is 2.18. The molecule has 4 nitrogen and oxygen atoms in total. The van der Waals surface area contributed by atoms with Crippen LogP contribution in [0.2, 0.25) is 0 Å². The molecule has 0 atom stereocenters. The average Bonchev–Trinajstić information content (AvgIpc) is 2.54. The molecule has 0 aliphatic heterocycles. The number of benzene rings is 2. The summed E-state index contributed by atoms with van der Waals surface area (Å²) in [7, 11) is 1.50. The summed E-state index contributed by atoms with van der Waals surface area (Å²) in [5.74, 6) is -0.168. The zero-order chi connectivity index (χ0) is 16.1. The first-order chi connectivity index (χ1) is 10.5. The number of hydrogen-bond acceptors (Lipinski definition) is 4. The minimum absolute atomic E-state index is 0.154. The molecule has 0 radical (unpaired) electrons. The van der Waals surface area contributed by atoms with Crippen molar-refractivity contribution in [1.29, 1.82) is 0 Å². The second kappa shape index (κ2) is 6.72. The zero-order valence-electron chi connectivity index (χ0n) is 12.5. The fourth-order valence-corrected chi connectivity index (χ4v) is 1.83. The van der Waals surface area contributed by atoms with E-state index in [0.717, 1.165) is 0 Å². The summed E-state index contributed by atoms with van der Waals surface area (Å²) in [6, 6.07) is 13.5. The molecule has 0 aliphatic rings. The molecule has 0 saturated heterocycles. The zero-order valence-corrected chi connectivity index (χ0v) is 12.5. The monoisotopic (exact) mass is 296 g/mol. The van der Waals surface area contributed by atoms with Gasteiger partial charge in [0.25, 0.3) is 0 Å². The third-order valence-corrected chi connectivity index (χ3v) is 3.02. The van der Waals surface area contributed by atoms with E-state index < -0.39 is 5.97 Å². The van der Waals surface area contributed by atoms with Crippen molar-refractivity contribution in [2.24, 2.45) is 0 Å². The highest BCUT2D eigenvalue weighted by atomic mass is 16.5. The molecule has 0 heterocycles. The summed E-state index contributed by atoms with van der Waals surface area (Å²) < 4.78 is 10.4. The van der Waals surface area contributed by atoms with E-state index in [1.807, 2.05) is 6.07 Å². The predicted octanol–water partition coefficient (Wildman–Crippen LogP) is 3.41. The van der Waals surface area contributed by atoms with Gasteiger partial charge in [-0.25, -0.2) is 4.79 Å². The Balaban J connectivity index is 2.44. The Labute approximate surface area is 129 Å². The third kappa shape index (κ3) is 3.41. The predicted molar refractivity (Wildman–Crippen MR) is 83.3 cm³/mol. The van der Waals surface area contributed by atoms with E-state index in [1.54, 1.807) is 43.3 Å². The van der Waals surface area contributed by atoms with Crippen molar-refractivity contribution in [2.45, 2.75) is 6.92 Å². The SMILES string of the molecule is C=C(C)C(=O)Oc1cc(OC)ccc1C(=O)c1ccccc1. The minimum atomic E-state index is -0.588. The second-order valence-electron chi connectivity index (χ2n) is 4.73. The van der Waals surface area contributed by atoms with E-state index in [4.69, 9.17) is 9.47 Å². The Morgan fingerprint density at radius 2 is 1.73 bits per heavy atom. The van der Waals surface area contributed by atoms with Gasteiger partial charge in [0.05, 0.1) is 12.7 Å². The summed E-state index contributed by atoms with van der Waals surface area (Å²) in [6.45, 7) is 5.08.